The number of aliphatic hydroxyl groups excluding tert-OH is 2. The maximum atomic E-state index is 8.70. The second-order valence-electron chi connectivity index (χ2n) is 3.00. The molecule has 0 aliphatic rings. The monoisotopic (exact) mass is 205 g/mol. The highest BCUT2D eigenvalue weighted by Crippen LogP contribution is 1.97. The van der Waals surface area contributed by atoms with Crippen LogP contribution in [0.3, 0.4) is 0 Å². The highest BCUT2D eigenvalue weighted by atomic mass is 16.3. The third-order valence-electron chi connectivity index (χ3n) is 1.91. The molecule has 3 heteroatoms. The molecule has 0 aliphatic carbocycles. The van der Waals surface area contributed by atoms with Crippen molar-refractivity contribution in [1.82, 2.24) is 4.90 Å². The smallest absolute Gasteiger partial charge is 0.0558 e. The standard InChI is InChI=1S/C9H21NO2.C2H6/c1-2-3-4-5-10(6-8-11)7-9-12;1-2/h11-12H,2-9H2,1H3;1-2H3. The van der Waals surface area contributed by atoms with E-state index in [1.807, 2.05) is 13.8 Å². The van der Waals surface area contributed by atoms with Gasteiger partial charge in [-0.2, -0.15) is 0 Å². The Morgan fingerprint density at radius 2 is 1.36 bits per heavy atom. The summed E-state index contributed by atoms with van der Waals surface area (Å²) in [6.45, 7) is 8.91. The highest BCUT2D eigenvalue weighted by Gasteiger charge is 2.01. The lowest BCUT2D eigenvalue weighted by Gasteiger charge is -2.19. The first-order valence-corrected chi connectivity index (χ1v) is 5.79. The van der Waals surface area contributed by atoms with E-state index in [1.54, 1.807) is 0 Å². The molecule has 3 nitrogen and oxygen atoms in total. The van der Waals surface area contributed by atoms with Crippen LogP contribution >= 0.6 is 0 Å². The molecule has 0 aromatic carbocycles. The second kappa shape index (κ2) is 15.4. The average molecular weight is 205 g/mol. The number of aliphatic hydroxyl groups is 2. The van der Waals surface area contributed by atoms with Crippen LogP contribution in [-0.2, 0) is 0 Å². The lowest BCUT2D eigenvalue weighted by Crippen LogP contribution is -2.30. The van der Waals surface area contributed by atoms with Crippen molar-refractivity contribution in [3.63, 3.8) is 0 Å². The minimum Gasteiger partial charge on any atom is -0.395 e. The van der Waals surface area contributed by atoms with E-state index in [4.69, 9.17) is 10.2 Å². The number of rotatable bonds is 8. The molecule has 0 saturated heterocycles. The maximum Gasteiger partial charge on any atom is 0.0558 e. The SMILES string of the molecule is CC.CCCCCN(CCO)CCO. The summed E-state index contributed by atoms with van der Waals surface area (Å²) in [5.74, 6) is 0. The van der Waals surface area contributed by atoms with Gasteiger partial charge >= 0.3 is 0 Å². The van der Waals surface area contributed by atoms with Gasteiger partial charge in [-0.3, -0.25) is 4.90 Å². The van der Waals surface area contributed by atoms with E-state index < -0.39 is 0 Å². The van der Waals surface area contributed by atoms with Gasteiger partial charge in [0.1, 0.15) is 0 Å². The first-order chi connectivity index (χ1) is 6.85. The van der Waals surface area contributed by atoms with Gasteiger partial charge in [0.2, 0.25) is 0 Å². The van der Waals surface area contributed by atoms with Crippen LogP contribution in [0.2, 0.25) is 0 Å². The summed E-state index contributed by atoms with van der Waals surface area (Å²) in [6, 6.07) is 0. The molecular weight excluding hydrogens is 178 g/mol. The van der Waals surface area contributed by atoms with Crippen LogP contribution in [0.1, 0.15) is 40.0 Å². The van der Waals surface area contributed by atoms with Gasteiger partial charge in [0.15, 0.2) is 0 Å². The summed E-state index contributed by atoms with van der Waals surface area (Å²) in [5.41, 5.74) is 0. The van der Waals surface area contributed by atoms with Gasteiger partial charge in [0, 0.05) is 13.1 Å². The van der Waals surface area contributed by atoms with E-state index in [-0.39, 0.29) is 13.2 Å². The molecule has 0 radical (unpaired) electrons. The molecule has 0 saturated carbocycles. The first kappa shape index (κ1) is 16.3. The van der Waals surface area contributed by atoms with Crippen LogP contribution in [0.4, 0.5) is 0 Å². The van der Waals surface area contributed by atoms with E-state index in [2.05, 4.69) is 11.8 Å². The molecule has 0 aromatic heterocycles. The lowest BCUT2D eigenvalue weighted by molar-refractivity contribution is 0.159. The van der Waals surface area contributed by atoms with E-state index in [0.29, 0.717) is 13.1 Å². The summed E-state index contributed by atoms with van der Waals surface area (Å²) in [7, 11) is 0. The molecular formula is C11H27NO2. The Morgan fingerprint density at radius 3 is 1.71 bits per heavy atom. The van der Waals surface area contributed by atoms with Crippen molar-refractivity contribution in [2.45, 2.75) is 40.0 Å². The molecule has 0 atom stereocenters. The molecule has 0 amide bonds. The molecule has 0 fully saturated rings. The number of hydrogen-bond donors (Lipinski definition) is 2. The fourth-order valence-electron chi connectivity index (χ4n) is 1.20. The Kier molecular flexibility index (Phi) is 17.9. The predicted molar refractivity (Wildman–Crippen MR) is 61.5 cm³/mol. The van der Waals surface area contributed by atoms with Crippen LogP contribution in [0.5, 0.6) is 0 Å². The molecule has 0 rings (SSSR count). The Labute approximate surface area is 88.7 Å². The van der Waals surface area contributed by atoms with Crippen molar-refractivity contribution >= 4 is 0 Å². The van der Waals surface area contributed by atoms with E-state index in [1.165, 1.54) is 12.8 Å². The van der Waals surface area contributed by atoms with Gasteiger partial charge < -0.3 is 10.2 Å². The fourth-order valence-corrected chi connectivity index (χ4v) is 1.20. The zero-order chi connectivity index (χ0) is 11.2. The maximum absolute atomic E-state index is 8.70. The molecule has 0 bridgehead atoms. The summed E-state index contributed by atoms with van der Waals surface area (Å²) in [5, 5.41) is 17.4. The van der Waals surface area contributed by atoms with Crippen molar-refractivity contribution in [3.05, 3.63) is 0 Å². The van der Waals surface area contributed by atoms with Crippen molar-refractivity contribution in [2.75, 3.05) is 32.8 Å². The predicted octanol–water partition coefficient (Wildman–Crippen LogP) is 1.49. The molecule has 0 heterocycles. The zero-order valence-electron chi connectivity index (χ0n) is 10.00. The Hall–Kier alpha value is -0.120. The molecule has 2 N–H and O–H groups in total. The van der Waals surface area contributed by atoms with Gasteiger partial charge in [0.25, 0.3) is 0 Å². The van der Waals surface area contributed by atoms with Crippen LogP contribution in [0.25, 0.3) is 0 Å². The number of unbranched alkanes of at least 4 members (excludes halogenated alkanes) is 2. The van der Waals surface area contributed by atoms with Crippen molar-refractivity contribution in [2.24, 2.45) is 0 Å². The van der Waals surface area contributed by atoms with Crippen LogP contribution in [0, 0.1) is 0 Å². The summed E-state index contributed by atoms with van der Waals surface area (Å²) in [4.78, 5) is 2.09. The number of hydrogen-bond acceptors (Lipinski definition) is 3. The third-order valence-corrected chi connectivity index (χ3v) is 1.91. The second-order valence-corrected chi connectivity index (χ2v) is 3.00. The van der Waals surface area contributed by atoms with Gasteiger partial charge in [-0.25, -0.2) is 0 Å². The van der Waals surface area contributed by atoms with E-state index >= 15 is 0 Å². The molecule has 0 spiro atoms. The minimum atomic E-state index is 0.187. The summed E-state index contributed by atoms with van der Waals surface area (Å²) >= 11 is 0. The quantitative estimate of drug-likeness (QED) is 0.590. The van der Waals surface area contributed by atoms with E-state index in [0.717, 1.165) is 13.0 Å². The topological polar surface area (TPSA) is 43.7 Å². The average Bonchev–Trinajstić information content (AvgIpc) is 2.22. The molecule has 14 heavy (non-hydrogen) atoms. The Bertz CT molecular complexity index is 83.4. The van der Waals surface area contributed by atoms with Crippen molar-refractivity contribution in [1.29, 1.82) is 0 Å². The largest absolute Gasteiger partial charge is 0.395 e. The summed E-state index contributed by atoms with van der Waals surface area (Å²) in [6.07, 6.45) is 3.61. The Morgan fingerprint density at radius 1 is 0.857 bits per heavy atom. The van der Waals surface area contributed by atoms with E-state index in [9.17, 15) is 0 Å². The Balaban J connectivity index is 0. The van der Waals surface area contributed by atoms with Crippen molar-refractivity contribution in [3.8, 4) is 0 Å². The molecule has 0 aliphatic heterocycles. The van der Waals surface area contributed by atoms with Crippen molar-refractivity contribution < 1.29 is 10.2 Å². The lowest BCUT2D eigenvalue weighted by atomic mass is 10.2. The fraction of sp³-hybridized carbons (Fsp3) is 1.00. The number of nitrogens with zero attached hydrogens (tertiary/aromatic N) is 1. The van der Waals surface area contributed by atoms with Gasteiger partial charge in [0.05, 0.1) is 13.2 Å². The molecule has 0 aromatic rings. The molecule has 88 valence electrons. The van der Waals surface area contributed by atoms with Gasteiger partial charge in [-0.15, -0.1) is 0 Å². The zero-order valence-corrected chi connectivity index (χ0v) is 10.00. The normalized spacial score (nSPS) is 9.86. The highest BCUT2D eigenvalue weighted by molar-refractivity contribution is 4.55. The van der Waals surface area contributed by atoms with Crippen LogP contribution in [0.15, 0.2) is 0 Å². The van der Waals surface area contributed by atoms with Gasteiger partial charge in [-0.05, 0) is 13.0 Å². The third kappa shape index (κ3) is 11.9. The summed E-state index contributed by atoms with van der Waals surface area (Å²) < 4.78 is 0. The minimum absolute atomic E-state index is 0.187. The van der Waals surface area contributed by atoms with Crippen LogP contribution in [-0.4, -0.2) is 48.0 Å². The first-order valence-electron chi connectivity index (χ1n) is 5.79. The molecule has 0 unspecified atom stereocenters. The van der Waals surface area contributed by atoms with Gasteiger partial charge in [-0.1, -0.05) is 33.6 Å². The van der Waals surface area contributed by atoms with Crippen LogP contribution < -0.4 is 0 Å².